The molecule has 0 aromatic carbocycles. The van der Waals surface area contributed by atoms with E-state index in [4.69, 9.17) is 5.73 Å². The van der Waals surface area contributed by atoms with E-state index in [-0.39, 0.29) is 5.78 Å². The summed E-state index contributed by atoms with van der Waals surface area (Å²) < 4.78 is 0. The first kappa shape index (κ1) is 8.43. The van der Waals surface area contributed by atoms with E-state index < -0.39 is 5.54 Å². The van der Waals surface area contributed by atoms with Crippen molar-refractivity contribution in [3.63, 3.8) is 0 Å². The molecule has 0 aliphatic rings. The maximum atomic E-state index is 11.0. The molecule has 1 unspecified atom stereocenters. The summed E-state index contributed by atoms with van der Waals surface area (Å²) in [4.78, 5) is 12.0. The number of carbonyl (C=O) groups excluding carboxylic acids is 1. The van der Waals surface area contributed by atoms with Crippen molar-refractivity contribution < 1.29 is 4.79 Å². The molecular weight excluding hydrogens is 158 g/mol. The van der Waals surface area contributed by atoms with Gasteiger partial charge in [0.25, 0.3) is 0 Å². The predicted octanol–water partition coefficient (Wildman–Crippen LogP) is 1.51. The van der Waals surface area contributed by atoms with Crippen LogP contribution >= 0.6 is 11.3 Å². The molecule has 11 heavy (non-hydrogen) atoms. The van der Waals surface area contributed by atoms with Gasteiger partial charge < -0.3 is 5.73 Å². The van der Waals surface area contributed by atoms with Crippen LogP contribution in [0.5, 0.6) is 0 Å². The molecule has 0 amide bonds. The normalized spacial score (nSPS) is 15.9. The summed E-state index contributed by atoms with van der Waals surface area (Å²) >= 11 is 1.51. The second-order valence-corrected chi connectivity index (χ2v) is 3.68. The number of hydrogen-bond acceptors (Lipinski definition) is 3. The monoisotopic (exact) mass is 169 g/mol. The van der Waals surface area contributed by atoms with E-state index in [1.165, 1.54) is 18.3 Å². The van der Waals surface area contributed by atoms with Crippen molar-refractivity contribution in [1.82, 2.24) is 0 Å². The highest BCUT2D eigenvalue weighted by molar-refractivity contribution is 7.10. The lowest BCUT2D eigenvalue weighted by atomic mass is 9.97. The SMILES string of the molecule is CC(=O)C(C)(N)c1cccs1. The summed E-state index contributed by atoms with van der Waals surface area (Å²) in [7, 11) is 0. The Bertz CT molecular complexity index is 251. The molecule has 0 spiro atoms. The number of rotatable bonds is 2. The van der Waals surface area contributed by atoms with Crippen molar-refractivity contribution >= 4 is 17.1 Å². The lowest BCUT2D eigenvalue weighted by molar-refractivity contribution is -0.121. The lowest BCUT2D eigenvalue weighted by Crippen LogP contribution is -2.39. The maximum Gasteiger partial charge on any atom is 0.154 e. The molecule has 0 bridgehead atoms. The second kappa shape index (κ2) is 2.75. The first-order chi connectivity index (χ1) is 5.05. The Labute approximate surface area is 70.0 Å². The van der Waals surface area contributed by atoms with E-state index in [1.807, 2.05) is 17.5 Å². The number of nitrogens with two attached hydrogens (primary N) is 1. The first-order valence-corrected chi connectivity index (χ1v) is 4.27. The standard InChI is InChI=1S/C8H11NOS/c1-6(10)8(2,9)7-4-3-5-11-7/h3-5H,9H2,1-2H3. The Kier molecular flexibility index (Phi) is 2.11. The summed E-state index contributed by atoms with van der Waals surface area (Å²) in [6, 6.07) is 3.78. The number of thiophene rings is 1. The van der Waals surface area contributed by atoms with Crippen molar-refractivity contribution in [3.05, 3.63) is 22.4 Å². The minimum absolute atomic E-state index is 0.0000463. The van der Waals surface area contributed by atoms with Crippen molar-refractivity contribution in [1.29, 1.82) is 0 Å². The average molecular weight is 169 g/mol. The van der Waals surface area contributed by atoms with E-state index in [0.29, 0.717) is 0 Å². The smallest absolute Gasteiger partial charge is 0.154 e. The highest BCUT2D eigenvalue weighted by Crippen LogP contribution is 2.23. The molecule has 1 aromatic rings. The molecular formula is C8H11NOS. The topological polar surface area (TPSA) is 43.1 Å². The summed E-state index contributed by atoms with van der Waals surface area (Å²) in [6.45, 7) is 3.25. The number of ketones is 1. The zero-order valence-corrected chi connectivity index (χ0v) is 7.44. The molecule has 1 aromatic heterocycles. The van der Waals surface area contributed by atoms with Gasteiger partial charge >= 0.3 is 0 Å². The van der Waals surface area contributed by atoms with Gasteiger partial charge in [-0.3, -0.25) is 4.79 Å². The van der Waals surface area contributed by atoms with Crippen LogP contribution in [0.15, 0.2) is 17.5 Å². The van der Waals surface area contributed by atoms with Crippen LogP contribution in [0.25, 0.3) is 0 Å². The fourth-order valence-electron chi connectivity index (χ4n) is 0.748. The quantitative estimate of drug-likeness (QED) is 0.729. The van der Waals surface area contributed by atoms with Crippen LogP contribution in [0.2, 0.25) is 0 Å². The molecule has 0 radical (unpaired) electrons. The lowest BCUT2D eigenvalue weighted by Gasteiger charge is -2.18. The fourth-order valence-corrected chi connectivity index (χ4v) is 1.60. The minimum Gasteiger partial charge on any atom is -0.315 e. The Morgan fingerprint density at radius 3 is 2.73 bits per heavy atom. The van der Waals surface area contributed by atoms with Gasteiger partial charge in [0, 0.05) is 4.88 Å². The summed E-state index contributed by atoms with van der Waals surface area (Å²) in [5, 5.41) is 1.92. The zero-order chi connectivity index (χ0) is 8.48. The van der Waals surface area contributed by atoms with Crippen LogP contribution in [0, 0.1) is 0 Å². The van der Waals surface area contributed by atoms with E-state index >= 15 is 0 Å². The van der Waals surface area contributed by atoms with E-state index in [1.54, 1.807) is 6.92 Å². The third-order valence-corrected chi connectivity index (χ3v) is 2.87. The van der Waals surface area contributed by atoms with Crippen molar-refractivity contribution in [3.8, 4) is 0 Å². The first-order valence-electron chi connectivity index (χ1n) is 3.39. The van der Waals surface area contributed by atoms with Crippen LogP contribution in [-0.4, -0.2) is 5.78 Å². The van der Waals surface area contributed by atoms with Crippen molar-refractivity contribution in [2.75, 3.05) is 0 Å². The average Bonchev–Trinajstić information content (AvgIpc) is 2.37. The van der Waals surface area contributed by atoms with Crippen LogP contribution in [-0.2, 0) is 10.3 Å². The highest BCUT2D eigenvalue weighted by Gasteiger charge is 2.27. The Morgan fingerprint density at radius 2 is 2.36 bits per heavy atom. The molecule has 1 rings (SSSR count). The summed E-state index contributed by atoms with van der Waals surface area (Å²) in [6.07, 6.45) is 0. The largest absolute Gasteiger partial charge is 0.315 e. The van der Waals surface area contributed by atoms with Gasteiger partial charge in [-0.15, -0.1) is 11.3 Å². The molecule has 60 valence electrons. The summed E-state index contributed by atoms with van der Waals surface area (Å²) in [5.41, 5.74) is 4.99. The third kappa shape index (κ3) is 1.49. The van der Waals surface area contributed by atoms with Gasteiger partial charge in [0.2, 0.25) is 0 Å². The van der Waals surface area contributed by atoms with Gasteiger partial charge in [-0.1, -0.05) is 6.07 Å². The van der Waals surface area contributed by atoms with Gasteiger partial charge in [-0.05, 0) is 25.3 Å². The number of Topliss-reactive ketones (excluding diaryl/α,β-unsaturated/α-hetero) is 1. The molecule has 0 saturated heterocycles. The second-order valence-electron chi connectivity index (χ2n) is 2.74. The molecule has 1 atom stereocenters. The Morgan fingerprint density at radius 1 is 1.73 bits per heavy atom. The van der Waals surface area contributed by atoms with Crippen LogP contribution in [0.3, 0.4) is 0 Å². The number of hydrogen-bond donors (Lipinski definition) is 1. The van der Waals surface area contributed by atoms with Gasteiger partial charge in [-0.2, -0.15) is 0 Å². The molecule has 2 N–H and O–H groups in total. The van der Waals surface area contributed by atoms with Crippen molar-refractivity contribution in [2.45, 2.75) is 19.4 Å². The molecule has 3 heteroatoms. The molecule has 0 saturated carbocycles. The van der Waals surface area contributed by atoms with Gasteiger partial charge in [-0.25, -0.2) is 0 Å². The molecule has 0 fully saturated rings. The number of carbonyl (C=O) groups is 1. The maximum absolute atomic E-state index is 11.0. The van der Waals surface area contributed by atoms with Gasteiger partial charge in [0.1, 0.15) is 5.54 Å². The third-order valence-electron chi connectivity index (χ3n) is 1.76. The van der Waals surface area contributed by atoms with E-state index in [9.17, 15) is 4.79 Å². The summed E-state index contributed by atoms with van der Waals surface area (Å²) in [5.74, 6) is -0.0000463. The molecule has 2 nitrogen and oxygen atoms in total. The molecule has 1 heterocycles. The predicted molar refractivity (Wildman–Crippen MR) is 46.5 cm³/mol. The Hall–Kier alpha value is -0.670. The zero-order valence-electron chi connectivity index (χ0n) is 6.63. The van der Waals surface area contributed by atoms with Gasteiger partial charge in [0.15, 0.2) is 5.78 Å². The Balaban J connectivity index is 3.00. The van der Waals surface area contributed by atoms with Gasteiger partial charge in [0.05, 0.1) is 0 Å². The molecule has 0 aliphatic carbocycles. The van der Waals surface area contributed by atoms with Crippen LogP contribution in [0.4, 0.5) is 0 Å². The highest BCUT2D eigenvalue weighted by atomic mass is 32.1. The fraction of sp³-hybridized carbons (Fsp3) is 0.375. The van der Waals surface area contributed by atoms with E-state index in [2.05, 4.69) is 0 Å². The van der Waals surface area contributed by atoms with Crippen LogP contribution < -0.4 is 5.73 Å². The minimum atomic E-state index is -0.797. The molecule has 0 aliphatic heterocycles. The van der Waals surface area contributed by atoms with E-state index in [0.717, 1.165) is 4.88 Å². The van der Waals surface area contributed by atoms with Crippen molar-refractivity contribution in [2.24, 2.45) is 5.73 Å². The van der Waals surface area contributed by atoms with Crippen LogP contribution in [0.1, 0.15) is 18.7 Å².